The Morgan fingerprint density at radius 2 is 2.12 bits per heavy atom. The van der Waals surface area contributed by atoms with Crippen LogP contribution in [0.15, 0.2) is 45.1 Å². The van der Waals surface area contributed by atoms with E-state index < -0.39 is 10.0 Å². The van der Waals surface area contributed by atoms with E-state index in [0.29, 0.717) is 29.3 Å². The first-order valence-corrected chi connectivity index (χ1v) is 9.81. The number of hydrogen-bond donors (Lipinski definition) is 1. The molecular weight excluding hydrogens is 346 g/mol. The third kappa shape index (κ3) is 3.55. The molecule has 0 aliphatic heterocycles. The molecule has 0 amide bonds. The zero-order valence-electron chi connectivity index (χ0n) is 13.3. The number of nitrogens with one attached hydrogen (secondary N) is 1. The minimum atomic E-state index is -3.63. The maximum Gasteiger partial charge on any atom is 0.241 e. The van der Waals surface area contributed by atoms with Crippen LogP contribution in [0.1, 0.15) is 23.3 Å². The average molecular weight is 363 g/mol. The molecule has 0 radical (unpaired) electrons. The van der Waals surface area contributed by atoms with Crippen LogP contribution in [0.3, 0.4) is 0 Å². The maximum atomic E-state index is 12.6. The van der Waals surface area contributed by atoms with E-state index in [1.54, 1.807) is 25.1 Å². The van der Waals surface area contributed by atoms with Gasteiger partial charge in [-0.25, -0.2) is 13.1 Å². The number of sulfonamides is 1. The van der Waals surface area contributed by atoms with Crippen LogP contribution in [0.4, 0.5) is 0 Å². The molecule has 0 aliphatic carbocycles. The fraction of sp³-hybridized carbons (Fsp3) is 0.250. The Hall–Kier alpha value is -2.03. The van der Waals surface area contributed by atoms with Gasteiger partial charge in [0.05, 0.1) is 4.90 Å². The van der Waals surface area contributed by atoms with Crippen molar-refractivity contribution in [1.82, 2.24) is 14.9 Å². The second kappa shape index (κ2) is 6.84. The number of hydrogen-bond acceptors (Lipinski definition) is 6. The third-order valence-corrected chi connectivity index (χ3v) is 5.94. The Morgan fingerprint density at radius 1 is 1.29 bits per heavy atom. The highest BCUT2D eigenvalue weighted by molar-refractivity contribution is 7.89. The van der Waals surface area contributed by atoms with Crippen LogP contribution in [-0.2, 0) is 23.0 Å². The highest BCUT2D eigenvalue weighted by Crippen LogP contribution is 2.23. The summed E-state index contributed by atoms with van der Waals surface area (Å²) in [6.45, 7) is 3.94. The van der Waals surface area contributed by atoms with Crippen molar-refractivity contribution in [3.8, 4) is 11.4 Å². The standard InChI is InChI=1S/C16H17N3O3S2/c1-3-15-18-16(19-22-15)12-7-6-11(2)14(9-12)24(20,21)17-10-13-5-4-8-23-13/h4-9,17H,3,10H2,1-2H3. The molecule has 126 valence electrons. The van der Waals surface area contributed by atoms with Gasteiger partial charge in [-0.15, -0.1) is 11.3 Å². The SMILES string of the molecule is CCc1nc(-c2ccc(C)c(S(=O)(=O)NCc3cccs3)c2)no1. The Bertz CT molecular complexity index is 931. The minimum Gasteiger partial charge on any atom is -0.339 e. The van der Waals surface area contributed by atoms with E-state index in [-0.39, 0.29) is 11.4 Å². The van der Waals surface area contributed by atoms with E-state index >= 15 is 0 Å². The summed E-state index contributed by atoms with van der Waals surface area (Å²) in [5.74, 6) is 0.910. The minimum absolute atomic E-state index is 0.222. The van der Waals surface area contributed by atoms with Crippen LogP contribution in [-0.4, -0.2) is 18.6 Å². The van der Waals surface area contributed by atoms with Crippen LogP contribution < -0.4 is 4.72 Å². The summed E-state index contributed by atoms with van der Waals surface area (Å²) >= 11 is 1.51. The molecule has 0 unspecified atom stereocenters. The lowest BCUT2D eigenvalue weighted by Crippen LogP contribution is -2.23. The Labute approximate surface area is 144 Å². The Balaban J connectivity index is 1.90. The van der Waals surface area contributed by atoms with Crippen molar-refractivity contribution in [1.29, 1.82) is 0 Å². The predicted octanol–water partition coefficient (Wildman–Crippen LogP) is 3.15. The van der Waals surface area contributed by atoms with Gasteiger partial charge in [-0.05, 0) is 30.0 Å². The van der Waals surface area contributed by atoms with Crippen LogP contribution in [0.5, 0.6) is 0 Å². The molecule has 0 bridgehead atoms. The average Bonchev–Trinajstić information content (AvgIpc) is 3.25. The van der Waals surface area contributed by atoms with E-state index in [4.69, 9.17) is 4.52 Å². The van der Waals surface area contributed by atoms with Gasteiger partial charge in [0.2, 0.25) is 21.7 Å². The molecule has 0 spiro atoms. The topological polar surface area (TPSA) is 85.1 Å². The molecule has 0 saturated carbocycles. The molecule has 8 heteroatoms. The third-order valence-electron chi connectivity index (χ3n) is 3.52. The molecule has 6 nitrogen and oxygen atoms in total. The van der Waals surface area contributed by atoms with Crippen LogP contribution in [0, 0.1) is 6.92 Å². The van der Waals surface area contributed by atoms with Gasteiger partial charge in [0.1, 0.15) is 0 Å². The fourth-order valence-corrected chi connectivity index (χ4v) is 4.21. The normalized spacial score (nSPS) is 11.8. The van der Waals surface area contributed by atoms with Gasteiger partial charge in [0.25, 0.3) is 0 Å². The molecule has 1 aromatic carbocycles. The summed E-state index contributed by atoms with van der Waals surface area (Å²) in [5.41, 5.74) is 1.28. The molecule has 0 aliphatic rings. The highest BCUT2D eigenvalue weighted by atomic mass is 32.2. The lowest BCUT2D eigenvalue weighted by Gasteiger charge is -2.09. The number of rotatable bonds is 6. The summed E-state index contributed by atoms with van der Waals surface area (Å²) in [6, 6.07) is 8.90. The van der Waals surface area contributed by atoms with Crippen molar-refractivity contribution in [2.24, 2.45) is 0 Å². The highest BCUT2D eigenvalue weighted by Gasteiger charge is 2.19. The molecule has 3 aromatic rings. The van der Waals surface area contributed by atoms with Crippen molar-refractivity contribution in [2.75, 3.05) is 0 Å². The lowest BCUT2D eigenvalue weighted by atomic mass is 10.1. The van der Waals surface area contributed by atoms with Crippen LogP contribution >= 0.6 is 11.3 Å². The molecule has 24 heavy (non-hydrogen) atoms. The van der Waals surface area contributed by atoms with Gasteiger partial charge >= 0.3 is 0 Å². The van der Waals surface area contributed by atoms with Gasteiger partial charge in [-0.1, -0.05) is 30.3 Å². The first-order valence-electron chi connectivity index (χ1n) is 7.45. The predicted molar refractivity (Wildman–Crippen MR) is 92.2 cm³/mol. The van der Waals surface area contributed by atoms with E-state index in [2.05, 4.69) is 14.9 Å². The first-order chi connectivity index (χ1) is 11.5. The van der Waals surface area contributed by atoms with E-state index in [0.717, 1.165) is 4.88 Å². The van der Waals surface area contributed by atoms with Gasteiger partial charge < -0.3 is 4.52 Å². The van der Waals surface area contributed by atoms with Crippen molar-refractivity contribution in [3.05, 3.63) is 52.0 Å². The lowest BCUT2D eigenvalue weighted by molar-refractivity contribution is 0.383. The monoisotopic (exact) mass is 363 g/mol. The van der Waals surface area contributed by atoms with Crippen molar-refractivity contribution in [3.63, 3.8) is 0 Å². The molecule has 2 aromatic heterocycles. The second-order valence-electron chi connectivity index (χ2n) is 5.25. The van der Waals surface area contributed by atoms with Crippen molar-refractivity contribution >= 4 is 21.4 Å². The molecule has 0 saturated heterocycles. The molecular formula is C16H17N3O3S2. The van der Waals surface area contributed by atoms with Crippen molar-refractivity contribution in [2.45, 2.75) is 31.7 Å². The molecule has 0 atom stereocenters. The van der Waals surface area contributed by atoms with Crippen molar-refractivity contribution < 1.29 is 12.9 Å². The molecule has 3 rings (SSSR count). The van der Waals surface area contributed by atoms with Gasteiger partial charge in [-0.3, -0.25) is 0 Å². The molecule has 1 N–H and O–H groups in total. The summed E-state index contributed by atoms with van der Waals surface area (Å²) in [4.78, 5) is 5.43. The van der Waals surface area contributed by atoms with E-state index in [9.17, 15) is 8.42 Å². The van der Waals surface area contributed by atoms with E-state index in [1.165, 1.54) is 11.3 Å². The quantitative estimate of drug-likeness (QED) is 0.727. The maximum absolute atomic E-state index is 12.6. The first kappa shape index (κ1) is 16.8. The Morgan fingerprint density at radius 3 is 2.79 bits per heavy atom. The summed E-state index contributed by atoms with van der Waals surface area (Å²) in [6.07, 6.45) is 0.631. The number of nitrogens with zero attached hydrogens (tertiary/aromatic N) is 2. The number of aryl methyl sites for hydroxylation is 2. The van der Waals surface area contributed by atoms with Gasteiger partial charge in [-0.2, -0.15) is 4.98 Å². The summed E-state index contributed by atoms with van der Waals surface area (Å²) in [5, 5.41) is 5.81. The largest absolute Gasteiger partial charge is 0.339 e. The van der Waals surface area contributed by atoms with Crippen LogP contribution in [0.2, 0.25) is 0 Å². The van der Waals surface area contributed by atoms with Gasteiger partial charge in [0, 0.05) is 23.4 Å². The molecule has 2 heterocycles. The number of aromatic nitrogens is 2. The summed E-state index contributed by atoms with van der Waals surface area (Å²) in [7, 11) is -3.63. The molecule has 0 fully saturated rings. The van der Waals surface area contributed by atoms with E-state index in [1.807, 2.05) is 24.4 Å². The van der Waals surface area contributed by atoms with Gasteiger partial charge in [0.15, 0.2) is 0 Å². The number of thiophene rings is 1. The number of benzene rings is 1. The smallest absolute Gasteiger partial charge is 0.241 e. The summed E-state index contributed by atoms with van der Waals surface area (Å²) < 4.78 is 33.0. The Kier molecular flexibility index (Phi) is 4.79. The second-order valence-corrected chi connectivity index (χ2v) is 8.02. The zero-order valence-corrected chi connectivity index (χ0v) is 14.9. The fourth-order valence-electron chi connectivity index (χ4n) is 2.20. The zero-order chi connectivity index (χ0) is 17.2. The van der Waals surface area contributed by atoms with Crippen LogP contribution in [0.25, 0.3) is 11.4 Å².